The number of halogens is 3. The lowest BCUT2D eigenvalue weighted by Crippen LogP contribution is -2.58. The van der Waals surface area contributed by atoms with Crippen molar-refractivity contribution in [2.45, 2.75) is 45.3 Å². The van der Waals surface area contributed by atoms with Crippen LogP contribution in [0.1, 0.15) is 27.2 Å². The molecule has 0 aliphatic carbocycles. The highest BCUT2D eigenvalue weighted by molar-refractivity contribution is 5.92. The summed E-state index contributed by atoms with van der Waals surface area (Å²) in [5.41, 5.74) is 3.95. The van der Waals surface area contributed by atoms with Crippen LogP contribution in [0.3, 0.4) is 0 Å². The van der Waals surface area contributed by atoms with Crippen molar-refractivity contribution in [3.05, 3.63) is 11.8 Å². The Bertz CT molecular complexity index is 485. The minimum Gasteiger partial charge on any atom is -0.444 e. The van der Waals surface area contributed by atoms with Crippen molar-refractivity contribution in [3.8, 4) is 0 Å². The molecule has 0 aromatic carbocycles. The maximum absolute atomic E-state index is 12.6. The highest BCUT2D eigenvalue weighted by Gasteiger charge is 2.38. The lowest BCUT2D eigenvalue weighted by Gasteiger charge is -2.36. The number of nitrogens with zero attached hydrogens (tertiary/aromatic N) is 1. The third-order valence-electron chi connectivity index (χ3n) is 2.78. The van der Waals surface area contributed by atoms with Gasteiger partial charge in [-0.15, -0.1) is 0 Å². The number of ether oxygens (including phenoxy) is 1. The first-order valence-corrected chi connectivity index (χ1v) is 7.03. The molecule has 0 radical (unpaired) electrons. The van der Waals surface area contributed by atoms with Crippen molar-refractivity contribution in [1.82, 2.24) is 15.5 Å². The van der Waals surface area contributed by atoms with Crippen LogP contribution in [0.25, 0.3) is 0 Å². The first kappa shape index (κ1) is 19.1. The number of carbonyl (C=O) groups is 1. The molecule has 0 spiro atoms. The number of amidine groups is 1. The zero-order valence-corrected chi connectivity index (χ0v) is 13.3. The number of hydrogen-bond donors (Lipinski definition) is 4. The number of allylic oxidation sites excluding steroid dienone is 1. The van der Waals surface area contributed by atoms with Crippen LogP contribution in [0.2, 0.25) is 0 Å². The Balaban J connectivity index is 2.43. The SMILES string of the molecule is CC(C)(C)OC(=O)NCCCN1C(=N)C=C(C(F)(F)F)NC1N. The highest BCUT2D eigenvalue weighted by atomic mass is 19.4. The average molecular weight is 337 g/mol. The Labute approximate surface area is 132 Å². The summed E-state index contributed by atoms with van der Waals surface area (Å²) in [7, 11) is 0. The highest BCUT2D eigenvalue weighted by Crippen LogP contribution is 2.25. The van der Waals surface area contributed by atoms with Gasteiger partial charge in [-0.25, -0.2) is 4.79 Å². The number of alkyl halides is 3. The Morgan fingerprint density at radius 1 is 1.48 bits per heavy atom. The third kappa shape index (κ3) is 6.35. The molecule has 0 saturated heterocycles. The molecule has 0 aromatic heterocycles. The molecule has 1 unspecified atom stereocenters. The fourth-order valence-electron chi connectivity index (χ4n) is 1.83. The lowest BCUT2D eigenvalue weighted by molar-refractivity contribution is -0.0999. The number of rotatable bonds is 4. The summed E-state index contributed by atoms with van der Waals surface area (Å²) in [5.74, 6) is -0.333. The fourth-order valence-corrected chi connectivity index (χ4v) is 1.83. The van der Waals surface area contributed by atoms with Crippen LogP contribution in [0, 0.1) is 5.41 Å². The van der Waals surface area contributed by atoms with Crippen LogP contribution in [0.15, 0.2) is 11.8 Å². The summed E-state index contributed by atoms with van der Waals surface area (Å²) in [5, 5.41) is 12.3. The molecule has 10 heteroatoms. The van der Waals surface area contributed by atoms with Gasteiger partial charge in [-0.2, -0.15) is 13.2 Å². The van der Waals surface area contributed by atoms with E-state index in [1.807, 2.05) is 0 Å². The minimum atomic E-state index is -4.58. The van der Waals surface area contributed by atoms with E-state index in [1.54, 1.807) is 20.8 Å². The van der Waals surface area contributed by atoms with E-state index in [0.29, 0.717) is 12.5 Å². The molecule has 1 aliphatic rings. The molecular weight excluding hydrogens is 315 g/mol. The van der Waals surface area contributed by atoms with Gasteiger partial charge in [-0.05, 0) is 27.2 Å². The van der Waals surface area contributed by atoms with Crippen LogP contribution in [0.5, 0.6) is 0 Å². The van der Waals surface area contributed by atoms with Gasteiger partial charge in [0, 0.05) is 19.2 Å². The van der Waals surface area contributed by atoms with E-state index in [4.69, 9.17) is 15.9 Å². The summed E-state index contributed by atoms with van der Waals surface area (Å²) in [6.07, 6.45) is -5.22. The Kier molecular flexibility index (Phi) is 5.86. The molecule has 5 N–H and O–H groups in total. The lowest BCUT2D eigenvalue weighted by atomic mass is 10.2. The Hall–Kier alpha value is -1.97. The molecule has 1 atom stereocenters. The van der Waals surface area contributed by atoms with Crippen molar-refractivity contribution in [3.63, 3.8) is 0 Å². The normalized spacial score (nSPS) is 19.1. The zero-order chi connectivity index (χ0) is 17.8. The molecule has 0 aromatic rings. The topological polar surface area (TPSA) is 103 Å². The molecule has 7 nitrogen and oxygen atoms in total. The van der Waals surface area contributed by atoms with Gasteiger partial charge >= 0.3 is 12.3 Å². The number of alkyl carbamates (subject to hydrolysis) is 1. The summed E-state index contributed by atoms with van der Waals surface area (Å²) in [6.45, 7) is 5.66. The maximum atomic E-state index is 12.6. The van der Waals surface area contributed by atoms with E-state index in [2.05, 4.69) is 10.6 Å². The van der Waals surface area contributed by atoms with Crippen LogP contribution in [0.4, 0.5) is 18.0 Å². The second-order valence-corrected chi connectivity index (χ2v) is 6.01. The molecule has 23 heavy (non-hydrogen) atoms. The van der Waals surface area contributed by atoms with E-state index in [0.717, 1.165) is 0 Å². The molecule has 132 valence electrons. The van der Waals surface area contributed by atoms with Gasteiger partial charge in [-0.1, -0.05) is 0 Å². The molecule has 0 bridgehead atoms. The van der Waals surface area contributed by atoms with Gasteiger partial charge in [0.15, 0.2) is 6.29 Å². The van der Waals surface area contributed by atoms with Crippen molar-refractivity contribution < 1.29 is 22.7 Å². The van der Waals surface area contributed by atoms with E-state index < -0.39 is 29.9 Å². The summed E-state index contributed by atoms with van der Waals surface area (Å²) in [4.78, 5) is 12.7. The van der Waals surface area contributed by atoms with Gasteiger partial charge in [0.1, 0.15) is 17.1 Å². The number of nitrogens with one attached hydrogen (secondary N) is 3. The van der Waals surface area contributed by atoms with Gasteiger partial charge in [0.05, 0.1) is 0 Å². The minimum absolute atomic E-state index is 0.213. The summed E-state index contributed by atoms with van der Waals surface area (Å²) >= 11 is 0. The van der Waals surface area contributed by atoms with Crippen molar-refractivity contribution in [2.75, 3.05) is 13.1 Å². The summed E-state index contributed by atoms with van der Waals surface area (Å²) in [6, 6.07) is 0. The predicted octanol–water partition coefficient (Wildman–Crippen LogP) is 1.47. The van der Waals surface area contributed by atoms with Crippen LogP contribution in [-0.2, 0) is 4.74 Å². The fraction of sp³-hybridized carbons (Fsp3) is 0.692. The van der Waals surface area contributed by atoms with Gasteiger partial charge in [0.2, 0.25) is 0 Å². The quantitative estimate of drug-likeness (QED) is 0.582. The largest absolute Gasteiger partial charge is 0.444 e. The first-order valence-electron chi connectivity index (χ1n) is 7.03. The average Bonchev–Trinajstić information content (AvgIpc) is 2.33. The smallest absolute Gasteiger partial charge is 0.431 e. The molecule has 0 fully saturated rings. The zero-order valence-electron chi connectivity index (χ0n) is 13.3. The number of hydrogen-bond acceptors (Lipinski definition) is 5. The second-order valence-electron chi connectivity index (χ2n) is 6.01. The number of nitrogens with two attached hydrogens (primary N) is 1. The monoisotopic (exact) mass is 337 g/mol. The van der Waals surface area contributed by atoms with Gasteiger partial charge in [-0.3, -0.25) is 11.1 Å². The molecular formula is C13H22F3N5O2. The maximum Gasteiger partial charge on any atom is 0.431 e. The number of carbonyl (C=O) groups excluding carboxylic acids is 1. The Morgan fingerprint density at radius 3 is 2.57 bits per heavy atom. The molecule has 1 aliphatic heterocycles. The predicted molar refractivity (Wildman–Crippen MR) is 78.5 cm³/mol. The standard InChI is InChI=1S/C13H22F3N5O2/c1-12(2,3)23-11(22)19-5-4-6-21-9(17)7-8(13(14,15)16)20-10(21)18/h7,10,17,20H,4-6,18H2,1-3H3,(H,19,22). The van der Waals surface area contributed by atoms with Crippen molar-refractivity contribution in [2.24, 2.45) is 5.73 Å². The van der Waals surface area contributed by atoms with Gasteiger partial charge < -0.3 is 20.3 Å². The molecule has 0 saturated carbocycles. The van der Waals surface area contributed by atoms with Crippen molar-refractivity contribution in [1.29, 1.82) is 5.41 Å². The van der Waals surface area contributed by atoms with Crippen LogP contribution >= 0.6 is 0 Å². The Morgan fingerprint density at radius 2 is 2.09 bits per heavy atom. The van der Waals surface area contributed by atoms with Crippen LogP contribution < -0.4 is 16.4 Å². The van der Waals surface area contributed by atoms with Crippen molar-refractivity contribution >= 4 is 11.9 Å². The molecule has 1 heterocycles. The first-order chi connectivity index (χ1) is 10.4. The molecule has 1 rings (SSSR count). The van der Waals surface area contributed by atoms with E-state index in [-0.39, 0.29) is 18.9 Å². The van der Waals surface area contributed by atoms with Crippen LogP contribution in [-0.4, -0.2) is 48.0 Å². The van der Waals surface area contributed by atoms with E-state index >= 15 is 0 Å². The number of amides is 1. The molecule has 1 amide bonds. The second kappa shape index (κ2) is 7.07. The van der Waals surface area contributed by atoms with E-state index in [9.17, 15) is 18.0 Å². The van der Waals surface area contributed by atoms with E-state index in [1.165, 1.54) is 4.90 Å². The van der Waals surface area contributed by atoms with Gasteiger partial charge in [0.25, 0.3) is 0 Å². The third-order valence-corrected chi connectivity index (χ3v) is 2.78. The summed E-state index contributed by atoms with van der Waals surface area (Å²) < 4.78 is 42.8.